The lowest BCUT2D eigenvalue weighted by Crippen LogP contribution is -2.57. The Hall–Kier alpha value is -2.06. The summed E-state index contributed by atoms with van der Waals surface area (Å²) in [5, 5.41) is 13.0. The highest BCUT2D eigenvalue weighted by Crippen LogP contribution is 2.32. The predicted molar refractivity (Wildman–Crippen MR) is 120 cm³/mol. The number of unbranched alkanes of at least 4 members (excludes halogenated alkanes) is 1. The fourth-order valence-corrected chi connectivity index (χ4v) is 4.06. The Morgan fingerprint density at radius 1 is 1.23 bits per heavy atom. The van der Waals surface area contributed by atoms with Gasteiger partial charge < -0.3 is 10.2 Å². The maximum Gasteiger partial charge on any atom is 0.246 e. The third-order valence-electron chi connectivity index (χ3n) is 4.93. The molecule has 0 aliphatic heterocycles. The van der Waals surface area contributed by atoms with Gasteiger partial charge in [0.2, 0.25) is 18.2 Å². The fraction of sp³-hybridized carbons (Fsp3) is 0.591. The largest absolute Gasteiger partial charge is 0.347 e. The first-order valence-corrected chi connectivity index (χ1v) is 11.2. The molecule has 1 aromatic rings. The van der Waals surface area contributed by atoms with Gasteiger partial charge in [0, 0.05) is 24.6 Å². The molecule has 3 amide bonds. The number of carbonyl (C=O) groups excluding carboxylic acids is 3. The molecule has 1 aromatic carbocycles. The van der Waals surface area contributed by atoms with Gasteiger partial charge in [0.1, 0.15) is 6.04 Å². The summed E-state index contributed by atoms with van der Waals surface area (Å²) in [7, 11) is 3.33. The van der Waals surface area contributed by atoms with Crippen LogP contribution < -0.4 is 5.32 Å². The zero-order valence-electron chi connectivity index (χ0n) is 18.6. The fourth-order valence-electron chi connectivity index (χ4n) is 3.00. The van der Waals surface area contributed by atoms with Crippen molar-refractivity contribution in [3.05, 3.63) is 35.9 Å². The second kappa shape index (κ2) is 12.6. The van der Waals surface area contributed by atoms with Crippen LogP contribution >= 0.6 is 11.8 Å². The summed E-state index contributed by atoms with van der Waals surface area (Å²) in [6.07, 6.45) is 2.47. The third-order valence-corrected chi connectivity index (χ3v) is 6.39. The molecule has 168 valence electrons. The lowest BCUT2D eigenvalue weighted by atomic mass is 9.97. The van der Waals surface area contributed by atoms with Gasteiger partial charge in [-0.25, -0.2) is 5.06 Å². The van der Waals surface area contributed by atoms with Crippen LogP contribution in [0.2, 0.25) is 0 Å². The third kappa shape index (κ3) is 8.36. The number of rotatable bonds is 13. The van der Waals surface area contributed by atoms with Gasteiger partial charge >= 0.3 is 0 Å². The first-order valence-electron chi connectivity index (χ1n) is 10.2. The number of hydrogen-bond acceptors (Lipinski definition) is 5. The molecular formula is C22H35N3O4S. The first-order chi connectivity index (χ1) is 14.1. The number of amides is 3. The summed E-state index contributed by atoms with van der Waals surface area (Å²) in [5.74, 6) is -0.416. The molecule has 30 heavy (non-hydrogen) atoms. The average Bonchev–Trinajstić information content (AvgIpc) is 2.73. The summed E-state index contributed by atoms with van der Waals surface area (Å²) in [5.41, 5.74) is 1.14. The van der Waals surface area contributed by atoms with Crippen LogP contribution in [0.1, 0.15) is 45.6 Å². The molecule has 0 radical (unpaired) electrons. The topological polar surface area (TPSA) is 90.0 Å². The van der Waals surface area contributed by atoms with Crippen molar-refractivity contribution in [3.8, 4) is 0 Å². The van der Waals surface area contributed by atoms with Crippen molar-refractivity contribution < 1.29 is 19.6 Å². The number of likely N-dealkylation sites (N-methyl/N-ethyl adjacent to an activating group) is 1. The molecule has 0 aromatic heterocycles. The zero-order chi connectivity index (χ0) is 22.7. The van der Waals surface area contributed by atoms with Crippen LogP contribution in [-0.4, -0.2) is 64.8 Å². The molecule has 2 N–H and O–H groups in total. The normalized spacial score (nSPS) is 13.3. The Balaban J connectivity index is 3.00. The van der Waals surface area contributed by atoms with Gasteiger partial charge in [-0.2, -0.15) is 0 Å². The Morgan fingerprint density at radius 2 is 1.87 bits per heavy atom. The summed E-state index contributed by atoms with van der Waals surface area (Å²) >= 11 is 1.60. The smallest absolute Gasteiger partial charge is 0.246 e. The van der Waals surface area contributed by atoms with Crippen LogP contribution in [0.25, 0.3) is 0 Å². The van der Waals surface area contributed by atoms with E-state index in [1.165, 1.54) is 4.90 Å². The van der Waals surface area contributed by atoms with Crippen LogP contribution in [0.5, 0.6) is 0 Å². The summed E-state index contributed by atoms with van der Waals surface area (Å²) in [4.78, 5) is 38.2. The molecule has 0 fully saturated rings. The Bertz CT molecular complexity index is 682. The van der Waals surface area contributed by atoms with E-state index in [2.05, 4.69) is 5.32 Å². The van der Waals surface area contributed by atoms with Gasteiger partial charge in [0.05, 0.1) is 12.5 Å². The van der Waals surface area contributed by atoms with Crippen LogP contribution in [0.4, 0.5) is 0 Å². The minimum absolute atomic E-state index is 0.101. The monoisotopic (exact) mass is 437 g/mol. The molecule has 0 saturated heterocycles. The molecule has 0 saturated carbocycles. The highest BCUT2D eigenvalue weighted by molar-refractivity contribution is 7.99. The number of thioether (sulfide) groups is 1. The van der Waals surface area contributed by atoms with Crippen molar-refractivity contribution >= 4 is 30.0 Å². The molecule has 1 rings (SSSR count). The van der Waals surface area contributed by atoms with Crippen LogP contribution in [0.3, 0.4) is 0 Å². The molecule has 0 aliphatic carbocycles. The van der Waals surface area contributed by atoms with Crippen LogP contribution in [-0.2, 0) is 20.1 Å². The molecule has 0 aliphatic rings. The quantitative estimate of drug-likeness (QED) is 0.281. The molecule has 7 nitrogen and oxygen atoms in total. The van der Waals surface area contributed by atoms with Gasteiger partial charge in [0.15, 0.2) is 0 Å². The Morgan fingerprint density at radius 3 is 2.40 bits per heavy atom. The van der Waals surface area contributed by atoms with E-state index in [1.807, 2.05) is 51.1 Å². The minimum atomic E-state index is -0.749. The number of nitrogens with zero attached hydrogens (tertiary/aromatic N) is 2. The Labute approximate surface area is 184 Å². The number of benzene rings is 1. The standard InChI is InChI=1S/C22H35N3O4S/c1-6-7-13-18(14-25(29)16-26)20(27)23-19(21(28)24(4)5)22(2,3)30-15-17-11-9-8-10-12-17/h8-12,16,18-19,29H,6-7,13-15H2,1-5H3,(H,23,27)/t18-,19?/m1/s1. The molecule has 0 heterocycles. The van der Waals surface area contributed by atoms with Crippen molar-refractivity contribution in [2.75, 3.05) is 20.6 Å². The average molecular weight is 438 g/mol. The van der Waals surface area contributed by atoms with E-state index >= 15 is 0 Å². The zero-order valence-corrected chi connectivity index (χ0v) is 19.4. The van der Waals surface area contributed by atoms with E-state index < -0.39 is 16.7 Å². The van der Waals surface area contributed by atoms with Gasteiger partial charge in [-0.05, 0) is 25.8 Å². The van der Waals surface area contributed by atoms with E-state index in [1.54, 1.807) is 25.9 Å². The number of carbonyl (C=O) groups is 3. The van der Waals surface area contributed by atoms with Gasteiger partial charge in [-0.1, -0.05) is 50.1 Å². The van der Waals surface area contributed by atoms with Crippen LogP contribution in [0.15, 0.2) is 30.3 Å². The van der Waals surface area contributed by atoms with Gasteiger partial charge in [-0.15, -0.1) is 11.8 Å². The summed E-state index contributed by atoms with van der Waals surface area (Å²) in [6.45, 7) is 5.79. The second-order valence-corrected chi connectivity index (χ2v) is 9.75. The molecule has 1 unspecified atom stereocenters. The second-order valence-electron chi connectivity index (χ2n) is 8.12. The SMILES string of the molecule is CCCC[C@H](CN(O)C=O)C(=O)NC(C(=O)N(C)C)C(C)(C)SCc1ccccc1. The highest BCUT2D eigenvalue weighted by Gasteiger charge is 2.39. The predicted octanol–water partition coefficient (Wildman–Crippen LogP) is 2.93. The summed E-state index contributed by atoms with van der Waals surface area (Å²) < 4.78 is -0.578. The Kier molecular flexibility index (Phi) is 10.9. The van der Waals surface area contributed by atoms with E-state index in [9.17, 15) is 19.6 Å². The van der Waals surface area contributed by atoms with Crippen molar-refractivity contribution in [1.82, 2.24) is 15.3 Å². The molecular weight excluding hydrogens is 402 g/mol. The lowest BCUT2D eigenvalue weighted by molar-refractivity contribution is -0.155. The lowest BCUT2D eigenvalue weighted by Gasteiger charge is -2.36. The molecule has 8 heteroatoms. The van der Waals surface area contributed by atoms with Gasteiger partial charge in [-0.3, -0.25) is 19.6 Å². The van der Waals surface area contributed by atoms with Crippen molar-refractivity contribution in [3.63, 3.8) is 0 Å². The van der Waals surface area contributed by atoms with E-state index in [4.69, 9.17) is 0 Å². The van der Waals surface area contributed by atoms with Crippen molar-refractivity contribution in [2.24, 2.45) is 5.92 Å². The number of hydrogen-bond donors (Lipinski definition) is 2. The summed E-state index contributed by atoms with van der Waals surface area (Å²) in [6, 6.07) is 9.21. The first kappa shape index (κ1) is 26.0. The number of hydroxylamine groups is 2. The maximum absolute atomic E-state index is 13.0. The van der Waals surface area contributed by atoms with E-state index in [-0.39, 0.29) is 24.8 Å². The number of nitrogens with one attached hydrogen (secondary N) is 1. The van der Waals surface area contributed by atoms with Gasteiger partial charge in [0.25, 0.3) is 0 Å². The van der Waals surface area contributed by atoms with Crippen LogP contribution in [0, 0.1) is 5.92 Å². The minimum Gasteiger partial charge on any atom is -0.347 e. The van der Waals surface area contributed by atoms with Crippen molar-refractivity contribution in [1.29, 1.82) is 0 Å². The molecule has 0 bridgehead atoms. The molecule has 2 atom stereocenters. The van der Waals surface area contributed by atoms with E-state index in [0.29, 0.717) is 17.2 Å². The van der Waals surface area contributed by atoms with Crippen molar-refractivity contribution in [2.45, 2.75) is 56.6 Å². The molecule has 0 spiro atoms. The maximum atomic E-state index is 13.0. The highest BCUT2D eigenvalue weighted by atomic mass is 32.2. The van der Waals surface area contributed by atoms with E-state index in [0.717, 1.165) is 18.4 Å².